The Morgan fingerprint density at radius 3 is 3.12 bits per heavy atom. The maximum Gasteiger partial charge on any atom is 0.151 e. The van der Waals surface area contributed by atoms with Gasteiger partial charge in [0.1, 0.15) is 11.8 Å². The second-order valence-corrected chi connectivity index (χ2v) is 3.83. The lowest BCUT2D eigenvalue weighted by molar-refractivity contribution is 0.643. The zero-order valence-corrected chi connectivity index (χ0v) is 9.45. The fraction of sp³-hybridized carbons (Fsp3) is 0.455. The number of aromatic nitrogens is 3. The Morgan fingerprint density at radius 1 is 1.44 bits per heavy atom. The largest absolute Gasteiger partial charge is 0.382 e. The van der Waals surface area contributed by atoms with Gasteiger partial charge in [-0.05, 0) is 13.0 Å². The van der Waals surface area contributed by atoms with Gasteiger partial charge in [0, 0.05) is 18.3 Å². The molecule has 0 radical (unpaired) electrons. The van der Waals surface area contributed by atoms with Gasteiger partial charge in [-0.1, -0.05) is 13.3 Å². The monoisotopic (exact) mass is 219 g/mol. The summed E-state index contributed by atoms with van der Waals surface area (Å²) < 4.78 is 0. The minimum absolute atomic E-state index is 0.504. The van der Waals surface area contributed by atoms with Crippen molar-refractivity contribution in [3.05, 3.63) is 18.1 Å². The number of hydrogen-bond donors (Lipinski definition) is 3. The van der Waals surface area contributed by atoms with Gasteiger partial charge in [0.25, 0.3) is 0 Å². The topological polar surface area (TPSA) is 79.6 Å². The first-order valence-corrected chi connectivity index (χ1v) is 5.60. The fourth-order valence-electron chi connectivity index (χ4n) is 1.67. The first-order chi connectivity index (χ1) is 7.83. The van der Waals surface area contributed by atoms with Crippen molar-refractivity contribution in [1.29, 1.82) is 0 Å². The number of anilines is 1. The van der Waals surface area contributed by atoms with Gasteiger partial charge >= 0.3 is 0 Å². The molecule has 5 heteroatoms. The van der Waals surface area contributed by atoms with E-state index in [2.05, 4.69) is 27.2 Å². The Balaban J connectivity index is 2.10. The molecular formula is C11H17N5. The summed E-state index contributed by atoms with van der Waals surface area (Å²) >= 11 is 0. The summed E-state index contributed by atoms with van der Waals surface area (Å²) in [6.07, 6.45) is 5.84. The SMILES string of the molecule is CCCCNCc1c[nH]c2c(N)ncnc12. The molecule has 0 saturated heterocycles. The normalized spacial score (nSPS) is 11.1. The third kappa shape index (κ3) is 2.14. The highest BCUT2D eigenvalue weighted by Crippen LogP contribution is 2.18. The van der Waals surface area contributed by atoms with Crippen LogP contribution in [0.2, 0.25) is 0 Å². The van der Waals surface area contributed by atoms with Gasteiger partial charge in [-0.2, -0.15) is 0 Å². The molecule has 0 amide bonds. The molecule has 2 rings (SSSR count). The molecule has 0 unspecified atom stereocenters. The predicted molar refractivity (Wildman–Crippen MR) is 64.9 cm³/mol. The first-order valence-electron chi connectivity index (χ1n) is 5.60. The number of nitrogens with zero attached hydrogens (tertiary/aromatic N) is 2. The lowest BCUT2D eigenvalue weighted by atomic mass is 10.2. The quantitative estimate of drug-likeness (QED) is 0.665. The molecule has 0 aromatic carbocycles. The molecule has 5 nitrogen and oxygen atoms in total. The molecule has 0 saturated carbocycles. The Morgan fingerprint density at radius 2 is 2.31 bits per heavy atom. The van der Waals surface area contributed by atoms with Crippen molar-refractivity contribution in [2.45, 2.75) is 26.3 Å². The smallest absolute Gasteiger partial charge is 0.151 e. The second kappa shape index (κ2) is 4.94. The highest BCUT2D eigenvalue weighted by Gasteiger charge is 2.07. The van der Waals surface area contributed by atoms with Crippen molar-refractivity contribution in [2.75, 3.05) is 12.3 Å². The molecule has 16 heavy (non-hydrogen) atoms. The maximum absolute atomic E-state index is 5.74. The van der Waals surface area contributed by atoms with Crippen molar-refractivity contribution >= 4 is 16.9 Å². The number of nitrogens with two attached hydrogens (primary N) is 1. The Bertz CT molecular complexity index is 462. The molecule has 0 aliphatic carbocycles. The number of unbranched alkanes of at least 4 members (excludes halogenated alkanes) is 1. The number of rotatable bonds is 5. The van der Waals surface area contributed by atoms with Gasteiger partial charge in [-0.3, -0.25) is 0 Å². The maximum atomic E-state index is 5.74. The molecule has 2 aromatic rings. The number of aromatic amines is 1. The van der Waals surface area contributed by atoms with E-state index in [1.807, 2.05) is 6.20 Å². The van der Waals surface area contributed by atoms with Crippen LogP contribution in [0, 0.1) is 0 Å². The molecule has 86 valence electrons. The van der Waals surface area contributed by atoms with Gasteiger partial charge in [-0.15, -0.1) is 0 Å². The molecule has 2 aromatic heterocycles. The van der Waals surface area contributed by atoms with Crippen molar-refractivity contribution in [1.82, 2.24) is 20.3 Å². The molecular weight excluding hydrogens is 202 g/mol. The van der Waals surface area contributed by atoms with E-state index in [0.717, 1.165) is 29.7 Å². The minimum Gasteiger partial charge on any atom is -0.382 e. The van der Waals surface area contributed by atoms with Crippen molar-refractivity contribution < 1.29 is 0 Å². The zero-order valence-electron chi connectivity index (χ0n) is 9.45. The highest BCUT2D eigenvalue weighted by atomic mass is 15.0. The number of nitrogen functional groups attached to an aromatic ring is 1. The van der Waals surface area contributed by atoms with Crippen molar-refractivity contribution in [2.24, 2.45) is 0 Å². The molecule has 0 bridgehead atoms. The Kier molecular flexibility index (Phi) is 3.36. The lowest BCUT2D eigenvalue weighted by Gasteiger charge is -2.01. The second-order valence-electron chi connectivity index (χ2n) is 3.83. The number of H-pyrrole nitrogens is 1. The molecule has 0 aliphatic heterocycles. The van der Waals surface area contributed by atoms with E-state index in [9.17, 15) is 0 Å². The summed E-state index contributed by atoms with van der Waals surface area (Å²) in [6, 6.07) is 0. The van der Waals surface area contributed by atoms with Crippen LogP contribution in [0.4, 0.5) is 5.82 Å². The summed E-state index contributed by atoms with van der Waals surface area (Å²) in [5.74, 6) is 0.504. The number of hydrogen-bond acceptors (Lipinski definition) is 4. The summed E-state index contributed by atoms with van der Waals surface area (Å²) in [5, 5.41) is 3.38. The molecule has 4 N–H and O–H groups in total. The summed E-state index contributed by atoms with van der Waals surface area (Å²) in [7, 11) is 0. The third-order valence-corrected chi connectivity index (χ3v) is 2.59. The highest BCUT2D eigenvalue weighted by molar-refractivity contribution is 5.86. The van der Waals surface area contributed by atoms with Gasteiger partial charge in [0.05, 0.1) is 5.52 Å². The average molecular weight is 219 g/mol. The van der Waals surface area contributed by atoms with Crippen LogP contribution < -0.4 is 11.1 Å². The zero-order chi connectivity index (χ0) is 11.4. The van der Waals surface area contributed by atoms with E-state index in [1.54, 1.807) is 0 Å². The van der Waals surface area contributed by atoms with E-state index in [-0.39, 0.29) is 0 Å². The summed E-state index contributed by atoms with van der Waals surface area (Å²) in [5.41, 5.74) is 8.62. The summed E-state index contributed by atoms with van der Waals surface area (Å²) in [4.78, 5) is 11.3. The van der Waals surface area contributed by atoms with Crippen LogP contribution in [-0.4, -0.2) is 21.5 Å². The number of fused-ring (bicyclic) bond motifs is 1. The molecule has 0 spiro atoms. The third-order valence-electron chi connectivity index (χ3n) is 2.59. The first kappa shape index (κ1) is 10.9. The minimum atomic E-state index is 0.504. The molecule has 0 atom stereocenters. The van der Waals surface area contributed by atoms with Crippen LogP contribution in [0.15, 0.2) is 12.5 Å². The lowest BCUT2D eigenvalue weighted by Crippen LogP contribution is -2.14. The predicted octanol–water partition coefficient (Wildman–Crippen LogP) is 1.43. The van der Waals surface area contributed by atoms with Crippen LogP contribution in [0.3, 0.4) is 0 Å². The molecule has 2 heterocycles. The fourth-order valence-corrected chi connectivity index (χ4v) is 1.67. The van der Waals surface area contributed by atoms with Crippen molar-refractivity contribution in [3.8, 4) is 0 Å². The van der Waals surface area contributed by atoms with Crippen LogP contribution in [0.5, 0.6) is 0 Å². The van der Waals surface area contributed by atoms with E-state index >= 15 is 0 Å². The van der Waals surface area contributed by atoms with Crippen LogP contribution in [-0.2, 0) is 6.54 Å². The molecule has 0 aliphatic rings. The van der Waals surface area contributed by atoms with E-state index in [0.29, 0.717) is 5.82 Å². The van der Waals surface area contributed by atoms with E-state index in [4.69, 9.17) is 5.73 Å². The van der Waals surface area contributed by atoms with Gasteiger partial charge < -0.3 is 16.0 Å². The van der Waals surface area contributed by atoms with Gasteiger partial charge in [-0.25, -0.2) is 9.97 Å². The van der Waals surface area contributed by atoms with Crippen molar-refractivity contribution in [3.63, 3.8) is 0 Å². The Hall–Kier alpha value is -1.62. The molecule has 0 fully saturated rings. The standard InChI is InChI=1S/C11H17N5/c1-2-3-4-13-5-8-6-14-10-9(8)15-7-16-11(10)12/h6-7,13-14H,2-5H2,1H3,(H2,12,15,16). The van der Waals surface area contributed by atoms with Gasteiger partial charge in [0.15, 0.2) is 5.82 Å². The summed E-state index contributed by atoms with van der Waals surface area (Å²) in [6.45, 7) is 4.03. The number of nitrogens with one attached hydrogen (secondary N) is 2. The van der Waals surface area contributed by atoms with Crippen LogP contribution >= 0.6 is 0 Å². The Labute approximate surface area is 94.5 Å². The average Bonchev–Trinajstić information content (AvgIpc) is 2.70. The van der Waals surface area contributed by atoms with E-state index < -0.39 is 0 Å². The van der Waals surface area contributed by atoms with Crippen LogP contribution in [0.25, 0.3) is 11.0 Å². The van der Waals surface area contributed by atoms with Crippen LogP contribution in [0.1, 0.15) is 25.3 Å². The van der Waals surface area contributed by atoms with Gasteiger partial charge in [0.2, 0.25) is 0 Å². The van der Waals surface area contributed by atoms with E-state index in [1.165, 1.54) is 19.2 Å².